The maximum Gasteiger partial charge on any atom is 0.411 e. The van der Waals surface area contributed by atoms with E-state index in [1.807, 2.05) is 0 Å². The molecule has 0 aliphatic heterocycles. The van der Waals surface area contributed by atoms with Gasteiger partial charge >= 0.3 is 12.1 Å². The number of hydrogen-bond acceptors (Lipinski definition) is 3. The normalized spacial score (nSPS) is 14.0. The van der Waals surface area contributed by atoms with Crippen LogP contribution in [0.5, 0.6) is 0 Å². The second-order valence-corrected chi connectivity index (χ2v) is 5.19. The molecule has 0 fully saturated rings. The third-order valence-electron chi connectivity index (χ3n) is 2.26. The first-order chi connectivity index (χ1) is 8.42. The van der Waals surface area contributed by atoms with Gasteiger partial charge in [-0.3, -0.25) is 9.59 Å². The summed E-state index contributed by atoms with van der Waals surface area (Å²) in [5, 5.41) is 11.1. The molecule has 0 bridgehead atoms. The second-order valence-electron chi connectivity index (χ2n) is 5.19. The zero-order chi connectivity index (χ0) is 15.3. The van der Waals surface area contributed by atoms with Gasteiger partial charge in [0.15, 0.2) is 0 Å². The van der Waals surface area contributed by atoms with Gasteiger partial charge in [0.2, 0.25) is 5.91 Å². The molecule has 1 amide bonds. The Bertz CT molecular complexity index is 323. The SMILES string of the molecule is CC(C)(C)C(CC(=O)O)NC(=O)COCC(F)(F)F. The summed E-state index contributed by atoms with van der Waals surface area (Å²) in [4.78, 5) is 22.0. The minimum absolute atomic E-state index is 0.311. The van der Waals surface area contributed by atoms with Gasteiger partial charge in [0, 0.05) is 6.04 Å². The van der Waals surface area contributed by atoms with Gasteiger partial charge in [0.25, 0.3) is 0 Å². The molecular formula is C11H18F3NO4. The Morgan fingerprint density at radius 2 is 1.79 bits per heavy atom. The lowest BCUT2D eigenvalue weighted by atomic mass is 9.85. The zero-order valence-corrected chi connectivity index (χ0v) is 11.0. The van der Waals surface area contributed by atoms with Crippen LogP contribution in [0.15, 0.2) is 0 Å². The van der Waals surface area contributed by atoms with Crippen LogP contribution in [0.2, 0.25) is 0 Å². The smallest absolute Gasteiger partial charge is 0.411 e. The van der Waals surface area contributed by atoms with E-state index < -0.39 is 42.7 Å². The fraction of sp³-hybridized carbons (Fsp3) is 0.818. The molecule has 0 aliphatic rings. The fourth-order valence-corrected chi connectivity index (χ4v) is 1.24. The highest BCUT2D eigenvalue weighted by Gasteiger charge is 2.30. The Labute approximate surface area is 109 Å². The summed E-state index contributed by atoms with van der Waals surface area (Å²) in [6.07, 6.45) is -4.81. The van der Waals surface area contributed by atoms with E-state index >= 15 is 0 Å². The number of rotatable bonds is 6. The van der Waals surface area contributed by atoms with Gasteiger partial charge in [-0.25, -0.2) is 0 Å². The molecule has 1 atom stereocenters. The van der Waals surface area contributed by atoms with Gasteiger partial charge in [0.1, 0.15) is 13.2 Å². The van der Waals surface area contributed by atoms with Crippen LogP contribution in [0.3, 0.4) is 0 Å². The van der Waals surface area contributed by atoms with Crippen molar-refractivity contribution in [2.75, 3.05) is 13.2 Å². The summed E-state index contributed by atoms with van der Waals surface area (Å²) in [6, 6.07) is -0.688. The molecule has 0 saturated carbocycles. The van der Waals surface area contributed by atoms with Crippen LogP contribution < -0.4 is 5.32 Å². The molecule has 2 N–H and O–H groups in total. The predicted octanol–water partition coefficient (Wildman–Crippen LogP) is 1.57. The van der Waals surface area contributed by atoms with Crippen LogP contribution in [0.4, 0.5) is 13.2 Å². The van der Waals surface area contributed by atoms with E-state index in [9.17, 15) is 22.8 Å². The molecule has 0 aromatic carbocycles. The lowest BCUT2D eigenvalue weighted by Gasteiger charge is -2.30. The number of ether oxygens (including phenoxy) is 1. The summed E-state index contributed by atoms with van der Waals surface area (Å²) < 4.78 is 39.6. The first-order valence-corrected chi connectivity index (χ1v) is 5.57. The largest absolute Gasteiger partial charge is 0.481 e. The van der Waals surface area contributed by atoms with E-state index in [1.54, 1.807) is 20.8 Å². The van der Waals surface area contributed by atoms with E-state index in [1.165, 1.54) is 0 Å². The van der Waals surface area contributed by atoms with Crippen molar-refractivity contribution in [1.29, 1.82) is 0 Å². The van der Waals surface area contributed by atoms with Crippen LogP contribution in [0.25, 0.3) is 0 Å². The van der Waals surface area contributed by atoms with Crippen molar-refractivity contribution in [2.24, 2.45) is 5.41 Å². The van der Waals surface area contributed by atoms with Crippen molar-refractivity contribution in [3.63, 3.8) is 0 Å². The van der Waals surface area contributed by atoms with Crippen LogP contribution in [-0.4, -0.2) is 42.4 Å². The van der Waals surface area contributed by atoms with E-state index in [4.69, 9.17) is 5.11 Å². The zero-order valence-electron chi connectivity index (χ0n) is 11.0. The molecule has 0 heterocycles. The summed E-state index contributed by atoms with van der Waals surface area (Å²) in [5.74, 6) is -1.87. The van der Waals surface area contributed by atoms with Gasteiger partial charge in [-0.15, -0.1) is 0 Å². The molecular weight excluding hydrogens is 267 g/mol. The monoisotopic (exact) mass is 285 g/mol. The minimum atomic E-state index is -4.50. The maximum atomic E-state index is 11.8. The number of amides is 1. The standard InChI is InChI=1S/C11H18F3NO4/c1-10(2,3)7(4-9(17)18)15-8(16)5-19-6-11(12,13)14/h7H,4-6H2,1-3H3,(H,15,16)(H,17,18). The average Bonchev–Trinajstić information content (AvgIpc) is 2.12. The summed E-state index contributed by atoms with van der Waals surface area (Å²) in [6.45, 7) is 2.89. The predicted molar refractivity (Wildman–Crippen MR) is 60.5 cm³/mol. The lowest BCUT2D eigenvalue weighted by Crippen LogP contribution is -2.46. The number of nitrogens with one attached hydrogen (secondary N) is 1. The second kappa shape index (κ2) is 6.74. The number of halogens is 3. The summed E-state index contributed by atoms with van der Waals surface area (Å²) in [7, 11) is 0. The Hall–Kier alpha value is -1.31. The topological polar surface area (TPSA) is 75.6 Å². The highest BCUT2D eigenvalue weighted by Crippen LogP contribution is 2.21. The van der Waals surface area contributed by atoms with Gasteiger partial charge < -0.3 is 15.2 Å². The van der Waals surface area contributed by atoms with Gasteiger partial charge in [-0.1, -0.05) is 20.8 Å². The summed E-state index contributed by atoms with van der Waals surface area (Å²) >= 11 is 0. The summed E-state index contributed by atoms with van der Waals surface area (Å²) in [5.41, 5.74) is -0.530. The van der Waals surface area contributed by atoms with Gasteiger partial charge in [0.05, 0.1) is 6.42 Å². The van der Waals surface area contributed by atoms with E-state index in [-0.39, 0.29) is 6.42 Å². The molecule has 19 heavy (non-hydrogen) atoms. The van der Waals surface area contributed by atoms with Crippen LogP contribution >= 0.6 is 0 Å². The Morgan fingerprint density at radius 1 is 1.26 bits per heavy atom. The maximum absolute atomic E-state index is 11.8. The van der Waals surface area contributed by atoms with Crippen molar-refractivity contribution in [3.05, 3.63) is 0 Å². The molecule has 0 aromatic rings. The molecule has 1 unspecified atom stereocenters. The molecule has 8 heteroatoms. The first-order valence-electron chi connectivity index (χ1n) is 5.57. The molecule has 0 saturated heterocycles. The Kier molecular flexibility index (Phi) is 6.28. The van der Waals surface area contributed by atoms with E-state index in [0.717, 1.165) is 0 Å². The number of alkyl halides is 3. The third kappa shape index (κ3) is 9.29. The molecule has 112 valence electrons. The van der Waals surface area contributed by atoms with Gasteiger partial charge in [-0.2, -0.15) is 13.2 Å². The minimum Gasteiger partial charge on any atom is -0.481 e. The van der Waals surface area contributed by atoms with Crippen molar-refractivity contribution >= 4 is 11.9 Å². The Balaban J connectivity index is 4.29. The van der Waals surface area contributed by atoms with Crippen LogP contribution in [-0.2, 0) is 14.3 Å². The molecule has 0 aromatic heterocycles. The molecule has 0 radical (unpaired) electrons. The first kappa shape index (κ1) is 17.7. The number of carbonyl (C=O) groups is 2. The Morgan fingerprint density at radius 3 is 2.16 bits per heavy atom. The molecule has 0 rings (SSSR count). The number of aliphatic carboxylic acids is 1. The quantitative estimate of drug-likeness (QED) is 0.776. The molecule has 0 spiro atoms. The highest BCUT2D eigenvalue weighted by atomic mass is 19.4. The number of carboxylic acid groups (broad SMARTS) is 1. The van der Waals surface area contributed by atoms with E-state index in [0.29, 0.717) is 0 Å². The van der Waals surface area contributed by atoms with Crippen LogP contribution in [0.1, 0.15) is 27.2 Å². The fourth-order valence-electron chi connectivity index (χ4n) is 1.24. The number of carboxylic acids is 1. The molecule has 0 aliphatic carbocycles. The van der Waals surface area contributed by atoms with Crippen LogP contribution in [0, 0.1) is 5.41 Å². The van der Waals surface area contributed by atoms with Gasteiger partial charge in [-0.05, 0) is 5.41 Å². The van der Waals surface area contributed by atoms with Crippen molar-refractivity contribution in [3.8, 4) is 0 Å². The average molecular weight is 285 g/mol. The van der Waals surface area contributed by atoms with Crippen molar-refractivity contribution < 1.29 is 32.6 Å². The highest BCUT2D eigenvalue weighted by molar-refractivity contribution is 5.78. The number of carbonyl (C=O) groups excluding carboxylic acids is 1. The van der Waals surface area contributed by atoms with Crippen molar-refractivity contribution in [2.45, 2.75) is 39.4 Å². The van der Waals surface area contributed by atoms with E-state index in [2.05, 4.69) is 10.1 Å². The van der Waals surface area contributed by atoms with Crippen molar-refractivity contribution in [1.82, 2.24) is 5.32 Å². The lowest BCUT2D eigenvalue weighted by molar-refractivity contribution is -0.175. The number of hydrogen-bond donors (Lipinski definition) is 2. The third-order valence-corrected chi connectivity index (χ3v) is 2.26. The molecule has 5 nitrogen and oxygen atoms in total.